The van der Waals surface area contributed by atoms with E-state index in [1.165, 1.54) is 48.7 Å². The van der Waals surface area contributed by atoms with Crippen molar-refractivity contribution in [2.75, 3.05) is 16.6 Å². The number of ether oxygens (including phenoxy) is 2. The SMILES string of the molecule is C[C@H](Oc1cc(-c2n[nH]c(Nc3ccc(OCCCCCC(=O)O)cn3)c2C(N)=O)ccc1NS(=O)(=O)C(F)F)c1ccc(F)cc1. The topological polar surface area (TPSA) is 199 Å². The number of benzene rings is 2. The fraction of sp³-hybridized carbons (Fsp3) is 0.267. The van der Waals surface area contributed by atoms with Crippen molar-refractivity contribution in [3.05, 3.63) is 77.7 Å². The van der Waals surface area contributed by atoms with Gasteiger partial charge in [-0.25, -0.2) is 17.8 Å². The van der Waals surface area contributed by atoms with Crippen molar-refractivity contribution in [2.24, 2.45) is 5.73 Å². The molecule has 0 aliphatic carbocycles. The standard InChI is InChI=1S/C30H31F3N6O7S/c1-17(18-6-9-20(31)10-7-18)46-23-15-19(8-12-22(23)39-47(43,44)30(32)33)27-26(28(34)42)29(38-37-27)36-24-13-11-21(16-35-24)45-14-4-2-3-5-25(40)41/h6-13,15-17,30,39H,2-5,14H2,1H3,(H2,34,42)(H,40,41)(H2,35,36,37,38)/t17-/m0/s1. The van der Waals surface area contributed by atoms with Crippen molar-refractivity contribution < 1.29 is 45.8 Å². The molecule has 0 fully saturated rings. The number of carbonyl (C=O) groups is 2. The Morgan fingerprint density at radius 3 is 2.45 bits per heavy atom. The van der Waals surface area contributed by atoms with Crippen LogP contribution in [0, 0.1) is 5.82 Å². The lowest BCUT2D eigenvalue weighted by molar-refractivity contribution is -0.137. The largest absolute Gasteiger partial charge is 0.492 e. The van der Waals surface area contributed by atoms with Crippen LogP contribution in [0.15, 0.2) is 60.8 Å². The lowest BCUT2D eigenvalue weighted by Gasteiger charge is -2.19. The fourth-order valence-corrected chi connectivity index (χ4v) is 4.90. The smallest absolute Gasteiger partial charge is 0.355 e. The molecule has 2 aromatic carbocycles. The molecule has 17 heteroatoms. The number of aromatic nitrogens is 3. The highest BCUT2D eigenvalue weighted by molar-refractivity contribution is 7.93. The minimum Gasteiger partial charge on any atom is -0.492 e. The number of H-pyrrole nitrogens is 1. The summed E-state index contributed by atoms with van der Waals surface area (Å²) in [6, 6.07) is 12.3. The molecule has 2 heterocycles. The molecule has 6 N–H and O–H groups in total. The van der Waals surface area contributed by atoms with Crippen molar-refractivity contribution in [1.82, 2.24) is 15.2 Å². The third kappa shape index (κ3) is 9.35. The van der Waals surface area contributed by atoms with E-state index < -0.39 is 39.6 Å². The number of rotatable bonds is 17. The molecule has 4 rings (SSSR count). The van der Waals surface area contributed by atoms with E-state index in [1.807, 2.05) is 0 Å². The molecule has 2 aromatic heterocycles. The number of halogens is 3. The van der Waals surface area contributed by atoms with Gasteiger partial charge in [0.2, 0.25) is 0 Å². The molecule has 0 saturated carbocycles. The first-order valence-corrected chi connectivity index (χ1v) is 15.7. The summed E-state index contributed by atoms with van der Waals surface area (Å²) in [6.07, 6.45) is 2.69. The summed E-state index contributed by atoms with van der Waals surface area (Å²) in [5.74, 6) is -5.28. The van der Waals surface area contributed by atoms with Crippen LogP contribution in [-0.4, -0.2) is 52.9 Å². The number of aromatic amines is 1. The number of primary amides is 1. The van der Waals surface area contributed by atoms with Crippen LogP contribution in [0.25, 0.3) is 11.3 Å². The van der Waals surface area contributed by atoms with Crippen LogP contribution in [-0.2, 0) is 14.8 Å². The second-order valence-electron chi connectivity index (χ2n) is 10.2. The van der Waals surface area contributed by atoms with Gasteiger partial charge in [-0.1, -0.05) is 18.2 Å². The van der Waals surface area contributed by atoms with Gasteiger partial charge in [-0.05, 0) is 68.1 Å². The number of hydrogen-bond donors (Lipinski definition) is 5. The number of anilines is 3. The molecule has 0 aliphatic heterocycles. The summed E-state index contributed by atoms with van der Waals surface area (Å²) in [5, 5.41) is 18.5. The number of carboxylic acid groups (broad SMARTS) is 1. The molecule has 0 unspecified atom stereocenters. The quantitative estimate of drug-likeness (QED) is 0.0880. The van der Waals surface area contributed by atoms with E-state index in [2.05, 4.69) is 20.5 Å². The summed E-state index contributed by atoms with van der Waals surface area (Å²) in [7, 11) is -5.08. The Morgan fingerprint density at radius 1 is 1.06 bits per heavy atom. The zero-order chi connectivity index (χ0) is 34.1. The first kappa shape index (κ1) is 34.6. The van der Waals surface area contributed by atoms with Gasteiger partial charge in [0.25, 0.3) is 15.9 Å². The summed E-state index contributed by atoms with van der Waals surface area (Å²) in [4.78, 5) is 27.4. The molecular weight excluding hydrogens is 645 g/mol. The van der Waals surface area contributed by atoms with Gasteiger partial charge >= 0.3 is 11.7 Å². The number of pyridine rings is 1. The van der Waals surface area contributed by atoms with E-state index in [1.54, 1.807) is 23.8 Å². The zero-order valence-corrected chi connectivity index (χ0v) is 25.7. The maximum Gasteiger partial charge on any atom is 0.355 e. The van der Waals surface area contributed by atoms with Gasteiger partial charge in [-0.3, -0.25) is 19.4 Å². The molecule has 0 aliphatic rings. The molecule has 0 saturated heterocycles. The first-order chi connectivity index (χ1) is 22.3. The normalized spacial score (nSPS) is 12.0. The van der Waals surface area contributed by atoms with Crippen molar-refractivity contribution in [2.45, 2.75) is 44.5 Å². The van der Waals surface area contributed by atoms with E-state index in [9.17, 15) is 31.2 Å². The minimum atomic E-state index is -5.08. The summed E-state index contributed by atoms with van der Waals surface area (Å²) < 4.78 is 77.1. The van der Waals surface area contributed by atoms with Gasteiger partial charge in [0.1, 0.15) is 46.3 Å². The Morgan fingerprint density at radius 2 is 1.81 bits per heavy atom. The number of nitrogens with one attached hydrogen (secondary N) is 3. The van der Waals surface area contributed by atoms with E-state index in [4.69, 9.17) is 20.3 Å². The Bertz CT molecular complexity index is 1800. The number of carbonyl (C=O) groups excluding carboxylic acids is 1. The number of nitrogens with zero attached hydrogens (tertiary/aromatic N) is 2. The van der Waals surface area contributed by atoms with Gasteiger partial charge in [-0.2, -0.15) is 13.9 Å². The Labute approximate surface area is 267 Å². The maximum absolute atomic E-state index is 13.4. The Balaban J connectivity index is 1.56. The van der Waals surface area contributed by atoms with E-state index in [-0.39, 0.29) is 40.5 Å². The molecule has 1 amide bonds. The lowest BCUT2D eigenvalue weighted by atomic mass is 10.1. The molecule has 250 valence electrons. The van der Waals surface area contributed by atoms with Crippen LogP contribution in [0.3, 0.4) is 0 Å². The molecule has 0 radical (unpaired) electrons. The summed E-state index contributed by atoms with van der Waals surface area (Å²) in [5.41, 5.74) is 6.03. The highest BCUT2D eigenvalue weighted by atomic mass is 32.2. The minimum absolute atomic E-state index is 0.0328. The van der Waals surface area contributed by atoms with Crippen molar-refractivity contribution in [3.63, 3.8) is 0 Å². The predicted octanol–water partition coefficient (Wildman–Crippen LogP) is 5.58. The molecule has 1 atom stereocenters. The number of nitrogens with two attached hydrogens (primary N) is 1. The van der Waals surface area contributed by atoms with Crippen molar-refractivity contribution in [1.29, 1.82) is 0 Å². The third-order valence-corrected chi connectivity index (χ3v) is 7.66. The van der Waals surface area contributed by atoms with Crippen molar-refractivity contribution >= 4 is 39.2 Å². The highest BCUT2D eigenvalue weighted by Gasteiger charge is 2.27. The van der Waals surface area contributed by atoms with Crippen LogP contribution < -0.4 is 25.2 Å². The monoisotopic (exact) mass is 676 g/mol. The van der Waals surface area contributed by atoms with Crippen LogP contribution in [0.2, 0.25) is 0 Å². The summed E-state index contributed by atoms with van der Waals surface area (Å²) >= 11 is 0. The van der Waals surface area contributed by atoms with Crippen LogP contribution in [0.4, 0.5) is 30.5 Å². The van der Waals surface area contributed by atoms with Gasteiger partial charge in [0.05, 0.1) is 18.5 Å². The second kappa shape index (κ2) is 15.3. The molecule has 0 spiro atoms. The number of hydrogen-bond acceptors (Lipinski definition) is 9. The van der Waals surface area contributed by atoms with Crippen LogP contribution >= 0.6 is 0 Å². The third-order valence-electron chi connectivity index (χ3n) is 6.69. The number of alkyl halides is 2. The second-order valence-corrected chi connectivity index (χ2v) is 11.8. The predicted molar refractivity (Wildman–Crippen MR) is 166 cm³/mol. The van der Waals surface area contributed by atoms with Crippen LogP contribution in [0.5, 0.6) is 11.5 Å². The van der Waals surface area contributed by atoms with Gasteiger partial charge in [0.15, 0.2) is 0 Å². The van der Waals surface area contributed by atoms with Gasteiger partial charge in [0, 0.05) is 12.0 Å². The molecule has 4 aromatic rings. The molecular formula is C30H31F3N6O7S. The lowest BCUT2D eigenvalue weighted by Crippen LogP contribution is -2.21. The first-order valence-electron chi connectivity index (χ1n) is 14.2. The summed E-state index contributed by atoms with van der Waals surface area (Å²) in [6.45, 7) is 1.96. The van der Waals surface area contributed by atoms with Crippen molar-refractivity contribution in [3.8, 4) is 22.8 Å². The molecule has 47 heavy (non-hydrogen) atoms. The average Bonchev–Trinajstić information content (AvgIpc) is 3.44. The number of amides is 1. The Kier molecular flexibility index (Phi) is 11.3. The van der Waals surface area contributed by atoms with E-state index in [0.717, 1.165) is 0 Å². The number of aliphatic carboxylic acids is 1. The highest BCUT2D eigenvalue weighted by Crippen LogP contribution is 2.37. The molecule has 0 bridgehead atoms. The fourth-order valence-electron chi connectivity index (χ4n) is 4.34. The Hall–Kier alpha value is -5.32. The number of sulfonamides is 1. The molecule has 13 nitrogen and oxygen atoms in total. The number of carboxylic acids is 1. The maximum atomic E-state index is 13.4. The van der Waals surface area contributed by atoms with Crippen LogP contribution in [0.1, 0.15) is 54.6 Å². The number of unbranched alkanes of at least 4 members (excludes halogenated alkanes) is 2. The average molecular weight is 677 g/mol. The van der Waals surface area contributed by atoms with Gasteiger partial charge < -0.3 is 25.6 Å². The van der Waals surface area contributed by atoms with E-state index >= 15 is 0 Å². The zero-order valence-electron chi connectivity index (χ0n) is 24.9. The van der Waals surface area contributed by atoms with Gasteiger partial charge in [-0.15, -0.1) is 0 Å². The van der Waals surface area contributed by atoms with E-state index in [0.29, 0.717) is 43.0 Å².